The molecule has 0 spiro atoms. The molecule has 0 aliphatic carbocycles. The molecule has 3 N–H and O–H groups in total. The first-order chi connectivity index (χ1) is 10.4. The van der Waals surface area contributed by atoms with Gasteiger partial charge in [0.1, 0.15) is 5.52 Å². The molecule has 112 valence electrons. The fourth-order valence-electron chi connectivity index (χ4n) is 2.15. The molecule has 0 radical (unpaired) electrons. The van der Waals surface area contributed by atoms with Crippen LogP contribution in [0.3, 0.4) is 0 Å². The van der Waals surface area contributed by atoms with E-state index in [2.05, 4.69) is 15.3 Å². The predicted molar refractivity (Wildman–Crippen MR) is 82.5 cm³/mol. The van der Waals surface area contributed by atoms with Gasteiger partial charge in [0.2, 0.25) is 5.95 Å². The normalized spacial score (nSPS) is 10.9. The highest BCUT2D eigenvalue weighted by molar-refractivity contribution is 6.30. The van der Waals surface area contributed by atoms with Crippen molar-refractivity contribution in [3.8, 4) is 0 Å². The SMILES string of the molecule is Cc1cc(Cl)ccc1Nc1nc2c(F)cc(C(=O)O)cc2[nH]1. The van der Waals surface area contributed by atoms with E-state index in [0.29, 0.717) is 16.5 Å². The molecule has 0 unspecified atom stereocenters. The van der Waals surface area contributed by atoms with Crippen LogP contribution in [0.4, 0.5) is 16.0 Å². The van der Waals surface area contributed by atoms with Crippen molar-refractivity contribution in [3.63, 3.8) is 0 Å². The van der Waals surface area contributed by atoms with Crippen molar-refractivity contribution < 1.29 is 14.3 Å². The second-order valence-corrected chi connectivity index (χ2v) is 5.27. The van der Waals surface area contributed by atoms with Crippen LogP contribution in [0.1, 0.15) is 15.9 Å². The molecule has 1 aromatic heterocycles. The number of aryl methyl sites for hydroxylation is 1. The van der Waals surface area contributed by atoms with Crippen LogP contribution in [-0.2, 0) is 0 Å². The number of aromatic amines is 1. The third-order valence-corrected chi connectivity index (χ3v) is 3.46. The monoisotopic (exact) mass is 319 g/mol. The summed E-state index contributed by atoms with van der Waals surface area (Å²) in [5, 5.41) is 12.6. The van der Waals surface area contributed by atoms with Gasteiger partial charge in [0.05, 0.1) is 11.1 Å². The van der Waals surface area contributed by atoms with Crippen LogP contribution in [0.15, 0.2) is 30.3 Å². The second kappa shape index (κ2) is 5.31. The van der Waals surface area contributed by atoms with Crippen LogP contribution in [-0.4, -0.2) is 21.0 Å². The molecule has 0 aliphatic heterocycles. The number of aromatic nitrogens is 2. The number of aromatic carboxylic acids is 1. The van der Waals surface area contributed by atoms with E-state index in [-0.39, 0.29) is 11.1 Å². The van der Waals surface area contributed by atoms with Crippen LogP contribution in [0.5, 0.6) is 0 Å². The predicted octanol–water partition coefficient (Wildman–Crippen LogP) is 4.11. The molecule has 0 saturated carbocycles. The smallest absolute Gasteiger partial charge is 0.335 e. The number of carboxylic acids is 1. The summed E-state index contributed by atoms with van der Waals surface area (Å²) in [7, 11) is 0. The second-order valence-electron chi connectivity index (χ2n) is 4.83. The van der Waals surface area contributed by atoms with Crippen LogP contribution in [0.25, 0.3) is 11.0 Å². The number of nitrogens with one attached hydrogen (secondary N) is 2. The summed E-state index contributed by atoms with van der Waals surface area (Å²) in [5.74, 6) is -1.56. The maximum Gasteiger partial charge on any atom is 0.335 e. The molecule has 22 heavy (non-hydrogen) atoms. The lowest BCUT2D eigenvalue weighted by Gasteiger charge is -2.06. The molecule has 7 heteroatoms. The Labute approximate surface area is 129 Å². The standard InChI is InChI=1S/C15H11ClFN3O2/c1-7-4-9(16)2-3-11(7)18-15-19-12-6-8(14(21)22)5-10(17)13(12)20-15/h2-6H,1H3,(H,21,22)(H2,18,19,20). The van der Waals surface area contributed by atoms with E-state index >= 15 is 0 Å². The van der Waals surface area contributed by atoms with Gasteiger partial charge in [0.25, 0.3) is 0 Å². The number of nitrogens with zero attached hydrogens (tertiary/aromatic N) is 1. The summed E-state index contributed by atoms with van der Waals surface area (Å²) in [5.41, 5.74) is 1.93. The average Bonchev–Trinajstić information content (AvgIpc) is 2.85. The van der Waals surface area contributed by atoms with E-state index in [1.54, 1.807) is 18.2 Å². The molecular formula is C15H11ClFN3O2. The summed E-state index contributed by atoms with van der Waals surface area (Å²) >= 11 is 5.90. The molecule has 0 atom stereocenters. The first-order valence-electron chi connectivity index (χ1n) is 6.40. The van der Waals surface area contributed by atoms with Crippen molar-refractivity contribution >= 4 is 40.2 Å². The van der Waals surface area contributed by atoms with Gasteiger partial charge in [0.15, 0.2) is 5.82 Å². The largest absolute Gasteiger partial charge is 0.478 e. The Bertz CT molecular complexity index is 892. The van der Waals surface area contributed by atoms with Crippen LogP contribution in [0, 0.1) is 12.7 Å². The highest BCUT2D eigenvalue weighted by Crippen LogP contribution is 2.25. The minimum absolute atomic E-state index is 0.0825. The molecule has 0 amide bonds. The van der Waals surface area contributed by atoms with Crippen molar-refractivity contribution in [2.45, 2.75) is 6.92 Å². The number of imidazole rings is 1. The lowest BCUT2D eigenvalue weighted by atomic mass is 10.2. The van der Waals surface area contributed by atoms with E-state index in [1.807, 2.05) is 6.92 Å². The van der Waals surface area contributed by atoms with Crippen molar-refractivity contribution in [3.05, 3.63) is 52.3 Å². The molecule has 0 saturated heterocycles. The zero-order chi connectivity index (χ0) is 15.9. The zero-order valence-electron chi connectivity index (χ0n) is 11.4. The molecule has 2 aromatic carbocycles. The number of rotatable bonds is 3. The van der Waals surface area contributed by atoms with Gasteiger partial charge >= 0.3 is 5.97 Å². The number of fused-ring (bicyclic) bond motifs is 1. The number of hydrogen-bond acceptors (Lipinski definition) is 3. The third-order valence-electron chi connectivity index (χ3n) is 3.23. The van der Waals surface area contributed by atoms with Crippen molar-refractivity contribution in [2.24, 2.45) is 0 Å². The Morgan fingerprint density at radius 1 is 1.36 bits per heavy atom. The summed E-state index contributed by atoms with van der Waals surface area (Å²) < 4.78 is 13.9. The molecule has 0 fully saturated rings. The van der Waals surface area contributed by atoms with Crippen molar-refractivity contribution in [2.75, 3.05) is 5.32 Å². The number of carbonyl (C=O) groups is 1. The van der Waals surface area contributed by atoms with Gasteiger partial charge in [0, 0.05) is 10.7 Å². The molecule has 3 aromatic rings. The Hall–Kier alpha value is -2.60. The number of benzene rings is 2. The Morgan fingerprint density at radius 3 is 2.82 bits per heavy atom. The van der Waals surface area contributed by atoms with Crippen LogP contribution < -0.4 is 5.32 Å². The summed E-state index contributed by atoms with van der Waals surface area (Å²) in [6.45, 7) is 1.87. The summed E-state index contributed by atoms with van der Waals surface area (Å²) in [4.78, 5) is 17.9. The number of hydrogen-bond donors (Lipinski definition) is 3. The fraction of sp³-hybridized carbons (Fsp3) is 0.0667. The Kier molecular flexibility index (Phi) is 3.46. The van der Waals surface area contributed by atoms with E-state index in [9.17, 15) is 9.18 Å². The number of H-pyrrole nitrogens is 1. The maximum absolute atomic E-state index is 13.9. The van der Waals surface area contributed by atoms with Gasteiger partial charge in [-0.2, -0.15) is 0 Å². The first-order valence-corrected chi connectivity index (χ1v) is 6.77. The minimum Gasteiger partial charge on any atom is -0.478 e. The summed E-state index contributed by atoms with van der Waals surface area (Å²) in [6, 6.07) is 7.58. The molecule has 0 aliphatic rings. The van der Waals surface area contributed by atoms with E-state index in [4.69, 9.17) is 16.7 Å². The lowest BCUT2D eigenvalue weighted by Crippen LogP contribution is -1.97. The first kappa shape index (κ1) is 14.3. The topological polar surface area (TPSA) is 78.0 Å². The van der Waals surface area contributed by atoms with Crippen molar-refractivity contribution in [1.29, 1.82) is 0 Å². The van der Waals surface area contributed by atoms with E-state index in [1.165, 1.54) is 6.07 Å². The number of carboxylic acid groups (broad SMARTS) is 1. The summed E-state index contributed by atoms with van der Waals surface area (Å²) in [6.07, 6.45) is 0. The maximum atomic E-state index is 13.9. The number of anilines is 2. The average molecular weight is 320 g/mol. The van der Waals surface area contributed by atoms with Crippen molar-refractivity contribution in [1.82, 2.24) is 9.97 Å². The van der Waals surface area contributed by atoms with Gasteiger partial charge in [-0.3, -0.25) is 0 Å². The van der Waals surface area contributed by atoms with Gasteiger partial charge in [-0.25, -0.2) is 14.2 Å². The molecule has 0 bridgehead atoms. The molecule has 5 nitrogen and oxygen atoms in total. The fourth-order valence-corrected chi connectivity index (χ4v) is 2.38. The van der Waals surface area contributed by atoms with E-state index < -0.39 is 11.8 Å². The quantitative estimate of drug-likeness (QED) is 0.679. The highest BCUT2D eigenvalue weighted by atomic mass is 35.5. The molecular weight excluding hydrogens is 309 g/mol. The highest BCUT2D eigenvalue weighted by Gasteiger charge is 2.13. The van der Waals surface area contributed by atoms with Gasteiger partial charge in [-0.05, 0) is 42.8 Å². The zero-order valence-corrected chi connectivity index (χ0v) is 12.2. The van der Waals surface area contributed by atoms with Gasteiger partial charge < -0.3 is 15.4 Å². The minimum atomic E-state index is -1.20. The van der Waals surface area contributed by atoms with E-state index in [0.717, 1.165) is 17.3 Å². The third kappa shape index (κ3) is 2.60. The Balaban J connectivity index is 2.01. The molecule has 1 heterocycles. The van der Waals surface area contributed by atoms with Crippen LogP contribution >= 0.6 is 11.6 Å². The van der Waals surface area contributed by atoms with Gasteiger partial charge in [-0.15, -0.1) is 0 Å². The molecule has 3 rings (SSSR count). The van der Waals surface area contributed by atoms with Crippen LogP contribution in [0.2, 0.25) is 5.02 Å². The number of halogens is 2. The van der Waals surface area contributed by atoms with Gasteiger partial charge in [-0.1, -0.05) is 11.6 Å². The lowest BCUT2D eigenvalue weighted by molar-refractivity contribution is 0.0696. The Morgan fingerprint density at radius 2 is 2.14 bits per heavy atom.